The molecule has 3 aromatic rings. The van der Waals surface area contributed by atoms with Crippen molar-refractivity contribution in [1.82, 2.24) is 4.90 Å². The van der Waals surface area contributed by atoms with E-state index in [0.717, 1.165) is 12.0 Å². The first-order valence-electron chi connectivity index (χ1n) is 8.03. The maximum Gasteiger partial charge on any atom is 0.290 e. The number of benzene rings is 2. The Morgan fingerprint density at radius 3 is 2.46 bits per heavy atom. The summed E-state index contributed by atoms with van der Waals surface area (Å²) in [5.74, 6) is -0.0943. The van der Waals surface area contributed by atoms with Crippen LogP contribution in [0.1, 0.15) is 40.2 Å². The number of hydrogen-bond donors (Lipinski definition) is 0. The van der Waals surface area contributed by atoms with E-state index in [4.69, 9.17) is 4.42 Å². The Balaban J connectivity index is 1.97. The molecule has 0 spiro atoms. The highest BCUT2D eigenvalue weighted by molar-refractivity contribution is 5.98. The zero-order chi connectivity index (χ0) is 16.8. The molecule has 1 aromatic heterocycles. The van der Waals surface area contributed by atoms with Crippen LogP contribution in [0, 0.1) is 0 Å². The first kappa shape index (κ1) is 14.7. The Morgan fingerprint density at radius 1 is 1.04 bits per heavy atom. The summed E-state index contributed by atoms with van der Waals surface area (Å²) in [6, 6.07) is 14.7. The Labute approximate surface area is 139 Å². The summed E-state index contributed by atoms with van der Waals surface area (Å²) in [6.45, 7) is 2.09. The van der Waals surface area contributed by atoms with Gasteiger partial charge >= 0.3 is 0 Å². The largest absolute Gasteiger partial charge is 0.450 e. The molecule has 4 rings (SSSR count). The van der Waals surface area contributed by atoms with Crippen LogP contribution in [0.25, 0.3) is 11.0 Å². The molecule has 1 amide bonds. The summed E-state index contributed by atoms with van der Waals surface area (Å²) in [7, 11) is 1.71. The number of fused-ring (bicyclic) bond motifs is 2. The SMILES string of the molecule is CCc1ccc(C2c3c(oc4ccccc4c3=O)C(=O)N2C)cc1. The van der Waals surface area contributed by atoms with Crippen LogP contribution in [-0.4, -0.2) is 17.9 Å². The lowest BCUT2D eigenvalue weighted by Crippen LogP contribution is -2.25. The molecule has 1 aliphatic heterocycles. The van der Waals surface area contributed by atoms with Crippen molar-refractivity contribution in [1.29, 1.82) is 0 Å². The Morgan fingerprint density at radius 2 is 1.75 bits per heavy atom. The fourth-order valence-corrected chi connectivity index (χ4v) is 3.36. The van der Waals surface area contributed by atoms with E-state index in [-0.39, 0.29) is 17.1 Å². The Bertz CT molecular complexity index is 1000. The molecule has 0 aliphatic carbocycles. The van der Waals surface area contributed by atoms with Gasteiger partial charge in [0.15, 0.2) is 5.43 Å². The fraction of sp³-hybridized carbons (Fsp3) is 0.200. The number of nitrogens with zero attached hydrogens (tertiary/aromatic N) is 1. The van der Waals surface area contributed by atoms with Crippen molar-refractivity contribution in [2.24, 2.45) is 0 Å². The second kappa shape index (κ2) is 5.34. The van der Waals surface area contributed by atoms with Crippen molar-refractivity contribution in [2.45, 2.75) is 19.4 Å². The maximum atomic E-state index is 13.0. The third-order valence-electron chi connectivity index (χ3n) is 4.71. The average molecular weight is 319 g/mol. The third-order valence-corrected chi connectivity index (χ3v) is 4.71. The number of rotatable bonds is 2. The van der Waals surface area contributed by atoms with Crippen LogP contribution in [0.2, 0.25) is 0 Å². The van der Waals surface area contributed by atoms with Crippen molar-refractivity contribution in [3.05, 3.63) is 81.2 Å². The van der Waals surface area contributed by atoms with Crippen molar-refractivity contribution in [3.8, 4) is 0 Å². The van der Waals surface area contributed by atoms with Crippen molar-refractivity contribution >= 4 is 16.9 Å². The molecule has 0 radical (unpaired) electrons. The van der Waals surface area contributed by atoms with Crippen LogP contribution in [0.15, 0.2) is 57.7 Å². The first-order chi connectivity index (χ1) is 11.6. The molecule has 0 bridgehead atoms. The van der Waals surface area contributed by atoms with Gasteiger partial charge in [0, 0.05) is 7.05 Å². The molecule has 4 nitrogen and oxygen atoms in total. The van der Waals surface area contributed by atoms with E-state index < -0.39 is 6.04 Å². The van der Waals surface area contributed by atoms with Crippen LogP contribution < -0.4 is 5.43 Å². The van der Waals surface area contributed by atoms with Gasteiger partial charge in [0.1, 0.15) is 5.58 Å². The molecule has 2 aromatic carbocycles. The van der Waals surface area contributed by atoms with Gasteiger partial charge < -0.3 is 9.32 Å². The topological polar surface area (TPSA) is 50.5 Å². The molecular weight excluding hydrogens is 302 g/mol. The highest BCUT2D eigenvalue weighted by atomic mass is 16.3. The van der Waals surface area contributed by atoms with Gasteiger partial charge in [0.25, 0.3) is 5.91 Å². The predicted molar refractivity (Wildman–Crippen MR) is 92.2 cm³/mol. The minimum absolute atomic E-state index is 0.130. The smallest absolute Gasteiger partial charge is 0.290 e. The monoisotopic (exact) mass is 319 g/mol. The number of carbonyl (C=O) groups excluding carboxylic acids is 1. The quantitative estimate of drug-likeness (QED) is 0.726. The lowest BCUT2D eigenvalue weighted by atomic mass is 9.97. The Kier molecular flexibility index (Phi) is 3.27. The molecule has 0 fully saturated rings. The number of aryl methyl sites for hydroxylation is 1. The van der Waals surface area contributed by atoms with E-state index >= 15 is 0 Å². The number of carbonyl (C=O) groups is 1. The molecule has 1 unspecified atom stereocenters. The van der Waals surface area contributed by atoms with Gasteiger partial charge in [-0.3, -0.25) is 9.59 Å². The molecule has 1 atom stereocenters. The first-order valence-corrected chi connectivity index (χ1v) is 8.03. The standard InChI is InChI=1S/C20H17NO3/c1-3-12-8-10-13(11-9-12)17-16-18(22)14-6-4-5-7-15(14)24-19(16)20(23)21(17)2/h4-11,17H,3H2,1-2H3. The fourth-order valence-electron chi connectivity index (χ4n) is 3.36. The summed E-state index contributed by atoms with van der Waals surface area (Å²) >= 11 is 0. The van der Waals surface area contributed by atoms with Gasteiger partial charge in [-0.15, -0.1) is 0 Å². The van der Waals surface area contributed by atoms with Crippen molar-refractivity contribution in [3.63, 3.8) is 0 Å². The van der Waals surface area contributed by atoms with E-state index in [1.54, 1.807) is 36.2 Å². The van der Waals surface area contributed by atoms with Crippen molar-refractivity contribution < 1.29 is 9.21 Å². The van der Waals surface area contributed by atoms with E-state index in [0.29, 0.717) is 16.5 Å². The summed E-state index contributed by atoms with van der Waals surface area (Å²) in [5, 5.41) is 0.509. The second-order valence-electron chi connectivity index (χ2n) is 6.08. The number of hydrogen-bond acceptors (Lipinski definition) is 3. The van der Waals surface area contributed by atoms with E-state index in [9.17, 15) is 9.59 Å². The van der Waals surface area contributed by atoms with Crippen molar-refractivity contribution in [2.75, 3.05) is 7.05 Å². The lowest BCUT2D eigenvalue weighted by Gasteiger charge is -2.20. The second-order valence-corrected chi connectivity index (χ2v) is 6.08. The molecule has 120 valence electrons. The highest BCUT2D eigenvalue weighted by Crippen LogP contribution is 2.36. The van der Waals surface area contributed by atoms with E-state index in [1.807, 2.05) is 24.3 Å². The summed E-state index contributed by atoms with van der Waals surface area (Å²) < 4.78 is 5.77. The van der Waals surface area contributed by atoms with Crippen LogP contribution >= 0.6 is 0 Å². The van der Waals surface area contributed by atoms with E-state index in [2.05, 4.69) is 6.92 Å². The van der Waals surface area contributed by atoms with Crippen LogP contribution in [0.4, 0.5) is 0 Å². The Hall–Kier alpha value is -2.88. The third kappa shape index (κ3) is 1.99. The molecule has 24 heavy (non-hydrogen) atoms. The predicted octanol–water partition coefficient (Wildman–Crippen LogP) is 3.53. The normalized spacial score (nSPS) is 16.7. The minimum atomic E-state index is -0.403. The van der Waals surface area contributed by atoms with Gasteiger partial charge in [-0.1, -0.05) is 43.3 Å². The van der Waals surface area contributed by atoms with Gasteiger partial charge in [-0.2, -0.15) is 0 Å². The van der Waals surface area contributed by atoms with Crippen LogP contribution in [0.3, 0.4) is 0 Å². The molecule has 0 saturated heterocycles. The molecule has 4 heteroatoms. The number of para-hydroxylation sites is 1. The molecule has 2 heterocycles. The zero-order valence-electron chi connectivity index (χ0n) is 13.6. The summed E-state index contributed by atoms with van der Waals surface area (Å²) in [4.78, 5) is 27.2. The zero-order valence-corrected chi connectivity index (χ0v) is 13.6. The van der Waals surface area contributed by atoms with Gasteiger partial charge in [0.2, 0.25) is 5.76 Å². The van der Waals surface area contributed by atoms with Gasteiger partial charge in [-0.25, -0.2) is 0 Å². The van der Waals surface area contributed by atoms with Crippen LogP contribution in [-0.2, 0) is 6.42 Å². The van der Waals surface area contributed by atoms with E-state index in [1.165, 1.54) is 5.56 Å². The minimum Gasteiger partial charge on any atom is -0.450 e. The number of amides is 1. The molecule has 0 N–H and O–H groups in total. The molecule has 1 aliphatic rings. The van der Waals surface area contributed by atoms with Crippen LogP contribution in [0.5, 0.6) is 0 Å². The highest BCUT2D eigenvalue weighted by Gasteiger charge is 2.40. The maximum absolute atomic E-state index is 13.0. The summed E-state index contributed by atoms with van der Waals surface area (Å²) in [6.07, 6.45) is 0.947. The molecular formula is C20H17NO3. The molecule has 0 saturated carbocycles. The van der Waals surface area contributed by atoms with Gasteiger partial charge in [-0.05, 0) is 29.7 Å². The average Bonchev–Trinajstić information content (AvgIpc) is 2.87. The lowest BCUT2D eigenvalue weighted by molar-refractivity contribution is 0.0771. The summed E-state index contributed by atoms with van der Waals surface area (Å²) in [5.41, 5.74) is 2.89. The van der Waals surface area contributed by atoms with Gasteiger partial charge in [0.05, 0.1) is 17.0 Å².